The summed E-state index contributed by atoms with van der Waals surface area (Å²) in [6, 6.07) is 4.09. The van der Waals surface area contributed by atoms with Crippen molar-refractivity contribution in [2.24, 2.45) is 0 Å². The number of hydrogen-bond acceptors (Lipinski definition) is 4. The van der Waals surface area contributed by atoms with E-state index in [1.54, 1.807) is 0 Å². The van der Waals surface area contributed by atoms with E-state index in [0.29, 0.717) is 5.01 Å². The van der Waals surface area contributed by atoms with Gasteiger partial charge in [0.2, 0.25) is 0 Å². The fraction of sp³-hybridized carbons (Fsp3) is 0.467. The second-order valence-electron chi connectivity index (χ2n) is 5.88. The number of rotatable bonds is 5. The van der Waals surface area contributed by atoms with Crippen molar-refractivity contribution in [2.45, 2.75) is 39.2 Å². The molecule has 1 aromatic heterocycles. The van der Waals surface area contributed by atoms with Crippen LogP contribution in [-0.2, 0) is 6.42 Å². The lowest BCUT2D eigenvalue weighted by Crippen LogP contribution is -2.36. The quantitative estimate of drug-likeness (QED) is 0.853. The van der Waals surface area contributed by atoms with Crippen LogP contribution >= 0.6 is 11.3 Å². The van der Waals surface area contributed by atoms with Gasteiger partial charge in [-0.1, -0.05) is 17.4 Å². The van der Waals surface area contributed by atoms with Crippen molar-refractivity contribution in [2.75, 3.05) is 6.54 Å². The molecule has 0 spiro atoms. The second kappa shape index (κ2) is 6.58. The molecule has 0 atom stereocenters. The van der Waals surface area contributed by atoms with E-state index < -0.39 is 11.6 Å². The zero-order chi connectivity index (χ0) is 15.5. The van der Waals surface area contributed by atoms with Gasteiger partial charge in [-0.05, 0) is 45.9 Å². The van der Waals surface area contributed by atoms with Crippen molar-refractivity contribution in [1.82, 2.24) is 15.5 Å². The highest BCUT2D eigenvalue weighted by Gasteiger charge is 2.14. The van der Waals surface area contributed by atoms with Crippen LogP contribution in [0, 0.1) is 11.6 Å². The van der Waals surface area contributed by atoms with Gasteiger partial charge in [0, 0.05) is 12.0 Å². The molecule has 6 heteroatoms. The Morgan fingerprint density at radius 2 is 1.95 bits per heavy atom. The first-order valence-corrected chi connectivity index (χ1v) is 7.70. The molecular formula is C15H19F2N3S. The summed E-state index contributed by atoms with van der Waals surface area (Å²) in [5, 5.41) is 12.7. The van der Waals surface area contributed by atoms with Crippen LogP contribution < -0.4 is 5.32 Å². The summed E-state index contributed by atoms with van der Waals surface area (Å²) in [5.41, 5.74) is 0.267. The minimum Gasteiger partial charge on any atom is -0.312 e. The number of halogens is 2. The van der Waals surface area contributed by atoms with Crippen LogP contribution in [0.2, 0.25) is 0 Å². The molecular weight excluding hydrogens is 292 g/mol. The Balaban J connectivity index is 1.97. The van der Waals surface area contributed by atoms with E-state index in [2.05, 4.69) is 36.3 Å². The van der Waals surface area contributed by atoms with Gasteiger partial charge in [0.25, 0.3) is 0 Å². The van der Waals surface area contributed by atoms with Gasteiger partial charge in [-0.2, -0.15) is 0 Å². The lowest BCUT2D eigenvalue weighted by atomic mass is 10.1. The Morgan fingerprint density at radius 1 is 1.19 bits per heavy atom. The van der Waals surface area contributed by atoms with Gasteiger partial charge in [0.05, 0.1) is 5.56 Å². The fourth-order valence-electron chi connectivity index (χ4n) is 1.84. The van der Waals surface area contributed by atoms with E-state index in [-0.39, 0.29) is 11.1 Å². The van der Waals surface area contributed by atoms with E-state index in [0.717, 1.165) is 30.5 Å². The Labute approximate surface area is 127 Å². The maximum Gasteiger partial charge on any atom is 0.169 e. The number of hydrogen-bond donors (Lipinski definition) is 1. The lowest BCUT2D eigenvalue weighted by molar-refractivity contribution is 0.422. The maximum atomic E-state index is 13.7. The number of aryl methyl sites for hydroxylation is 1. The van der Waals surface area contributed by atoms with Gasteiger partial charge in [-0.25, -0.2) is 8.78 Å². The van der Waals surface area contributed by atoms with Crippen LogP contribution in [0.1, 0.15) is 32.2 Å². The molecule has 0 amide bonds. The summed E-state index contributed by atoms with van der Waals surface area (Å²) in [7, 11) is 0. The smallest absolute Gasteiger partial charge is 0.169 e. The minimum absolute atomic E-state index is 0.0942. The molecule has 0 aliphatic heterocycles. The van der Waals surface area contributed by atoms with Gasteiger partial charge in [-0.15, -0.1) is 10.2 Å². The molecule has 1 N–H and O–H groups in total. The third-order valence-corrected chi connectivity index (χ3v) is 3.89. The van der Waals surface area contributed by atoms with Crippen LogP contribution in [0.25, 0.3) is 10.6 Å². The third kappa shape index (κ3) is 4.54. The molecule has 3 nitrogen and oxygen atoms in total. The molecule has 0 saturated heterocycles. The van der Waals surface area contributed by atoms with Gasteiger partial charge in [0.15, 0.2) is 16.6 Å². The van der Waals surface area contributed by atoms with Gasteiger partial charge < -0.3 is 5.32 Å². The summed E-state index contributed by atoms with van der Waals surface area (Å²) in [6.07, 6.45) is 1.70. The molecule has 0 fully saturated rings. The van der Waals surface area contributed by atoms with Gasteiger partial charge >= 0.3 is 0 Å². The van der Waals surface area contributed by atoms with E-state index in [4.69, 9.17) is 0 Å². The normalized spacial score (nSPS) is 11.9. The second-order valence-corrected chi connectivity index (χ2v) is 6.94. The van der Waals surface area contributed by atoms with Crippen molar-refractivity contribution in [3.8, 4) is 10.6 Å². The number of aromatic nitrogens is 2. The zero-order valence-corrected chi connectivity index (χ0v) is 13.2. The molecule has 1 aromatic carbocycles. The predicted octanol–water partition coefficient (Wildman–Crippen LogP) is 3.80. The van der Waals surface area contributed by atoms with Crippen molar-refractivity contribution in [3.63, 3.8) is 0 Å². The molecule has 21 heavy (non-hydrogen) atoms. The van der Waals surface area contributed by atoms with Gasteiger partial charge in [-0.3, -0.25) is 0 Å². The highest BCUT2D eigenvalue weighted by atomic mass is 32.1. The average molecular weight is 311 g/mol. The first-order valence-electron chi connectivity index (χ1n) is 6.88. The molecule has 2 rings (SSSR count). The van der Waals surface area contributed by atoms with Crippen molar-refractivity contribution < 1.29 is 8.78 Å². The molecule has 0 aliphatic rings. The van der Waals surface area contributed by atoms with Gasteiger partial charge in [0.1, 0.15) is 5.01 Å². The topological polar surface area (TPSA) is 37.8 Å². The fourth-order valence-corrected chi connectivity index (χ4v) is 2.74. The highest BCUT2D eigenvalue weighted by Crippen LogP contribution is 2.27. The van der Waals surface area contributed by atoms with E-state index >= 15 is 0 Å². The summed E-state index contributed by atoms with van der Waals surface area (Å²) in [4.78, 5) is 0. The van der Waals surface area contributed by atoms with E-state index in [1.165, 1.54) is 23.5 Å². The SMILES string of the molecule is CC(C)(C)NCCCc1nnc(-c2cccc(F)c2F)s1. The first-order chi connectivity index (χ1) is 9.87. The summed E-state index contributed by atoms with van der Waals surface area (Å²) in [5.74, 6) is -1.73. The molecule has 0 unspecified atom stereocenters. The number of benzene rings is 1. The average Bonchev–Trinajstić information content (AvgIpc) is 2.85. The summed E-state index contributed by atoms with van der Waals surface area (Å²) >= 11 is 1.31. The Kier molecular flexibility index (Phi) is 5.00. The Morgan fingerprint density at radius 3 is 2.67 bits per heavy atom. The molecule has 1 heterocycles. The molecule has 0 radical (unpaired) electrons. The third-order valence-electron chi connectivity index (χ3n) is 2.87. The highest BCUT2D eigenvalue weighted by molar-refractivity contribution is 7.14. The van der Waals surface area contributed by atoms with Crippen molar-refractivity contribution >= 4 is 11.3 Å². The molecule has 0 saturated carbocycles. The molecule has 0 bridgehead atoms. The number of nitrogens with zero attached hydrogens (tertiary/aromatic N) is 2. The summed E-state index contributed by atoms with van der Waals surface area (Å²) in [6.45, 7) is 7.22. The van der Waals surface area contributed by atoms with Crippen molar-refractivity contribution in [3.05, 3.63) is 34.8 Å². The molecule has 2 aromatic rings. The Hall–Kier alpha value is -1.40. The van der Waals surface area contributed by atoms with Crippen LogP contribution in [-0.4, -0.2) is 22.3 Å². The van der Waals surface area contributed by atoms with Crippen LogP contribution in [0.3, 0.4) is 0 Å². The number of nitrogens with one attached hydrogen (secondary N) is 1. The van der Waals surface area contributed by atoms with Crippen LogP contribution in [0.4, 0.5) is 8.78 Å². The zero-order valence-electron chi connectivity index (χ0n) is 12.4. The minimum atomic E-state index is -0.866. The molecule has 114 valence electrons. The maximum absolute atomic E-state index is 13.7. The van der Waals surface area contributed by atoms with E-state index in [1.807, 2.05) is 0 Å². The molecule has 0 aliphatic carbocycles. The summed E-state index contributed by atoms with van der Waals surface area (Å²) < 4.78 is 26.9. The van der Waals surface area contributed by atoms with Crippen LogP contribution in [0.5, 0.6) is 0 Å². The van der Waals surface area contributed by atoms with Crippen LogP contribution in [0.15, 0.2) is 18.2 Å². The monoisotopic (exact) mass is 311 g/mol. The largest absolute Gasteiger partial charge is 0.312 e. The first kappa shape index (κ1) is 16.0. The predicted molar refractivity (Wildman–Crippen MR) is 81.3 cm³/mol. The van der Waals surface area contributed by atoms with Crippen molar-refractivity contribution in [1.29, 1.82) is 0 Å². The standard InChI is InChI=1S/C15H19F2N3S/c1-15(2,3)18-9-5-8-12-19-20-14(21-12)10-6-4-7-11(16)13(10)17/h4,6-7,18H,5,8-9H2,1-3H3. The van der Waals surface area contributed by atoms with E-state index in [9.17, 15) is 8.78 Å². The Bertz CT molecular complexity index is 605. The lowest BCUT2D eigenvalue weighted by Gasteiger charge is -2.20.